The molecule has 0 radical (unpaired) electrons. The number of amides is 1. The third-order valence-corrected chi connectivity index (χ3v) is 5.53. The molecule has 1 unspecified atom stereocenters. The molecule has 166 valence electrons. The van der Waals surface area contributed by atoms with Crippen LogP contribution < -0.4 is 20.1 Å². The van der Waals surface area contributed by atoms with Crippen molar-refractivity contribution < 1.29 is 19.4 Å². The van der Waals surface area contributed by atoms with Gasteiger partial charge in [0, 0.05) is 11.6 Å². The molecule has 0 saturated carbocycles. The smallest absolute Gasteiger partial charge is 0.261 e. The van der Waals surface area contributed by atoms with E-state index in [0.717, 1.165) is 16.7 Å². The van der Waals surface area contributed by atoms with Gasteiger partial charge in [0.15, 0.2) is 17.2 Å². The lowest BCUT2D eigenvalue weighted by molar-refractivity contribution is 0.102. The van der Waals surface area contributed by atoms with Crippen molar-refractivity contribution in [2.75, 3.05) is 17.4 Å². The molecule has 0 aliphatic carbocycles. The second kappa shape index (κ2) is 9.15. The first-order valence-corrected chi connectivity index (χ1v) is 10.2. The van der Waals surface area contributed by atoms with E-state index in [-0.39, 0.29) is 35.6 Å². The summed E-state index contributed by atoms with van der Waals surface area (Å²) >= 11 is 1.06. The van der Waals surface area contributed by atoms with Crippen molar-refractivity contribution in [2.24, 2.45) is 0 Å². The zero-order valence-corrected chi connectivity index (χ0v) is 18.3. The van der Waals surface area contributed by atoms with Crippen LogP contribution >= 0.6 is 23.7 Å². The molecule has 10 nitrogen and oxygen atoms in total. The van der Waals surface area contributed by atoms with Crippen LogP contribution in [0.2, 0.25) is 0 Å². The number of phenols is 1. The van der Waals surface area contributed by atoms with Crippen LogP contribution in [0.3, 0.4) is 0 Å². The molecule has 3 N–H and O–H groups in total. The van der Waals surface area contributed by atoms with E-state index in [1.807, 2.05) is 0 Å². The van der Waals surface area contributed by atoms with E-state index in [1.165, 1.54) is 12.3 Å². The summed E-state index contributed by atoms with van der Waals surface area (Å²) in [5, 5.41) is 34.8. The number of pyridine rings is 1. The number of hydrogen-bond acceptors (Lipinski definition) is 10. The van der Waals surface area contributed by atoms with Crippen molar-refractivity contribution in [3.63, 3.8) is 0 Å². The molecule has 0 bridgehead atoms. The van der Waals surface area contributed by atoms with Crippen LogP contribution in [0.5, 0.6) is 17.2 Å². The van der Waals surface area contributed by atoms with Crippen LogP contribution in [0.25, 0.3) is 10.9 Å². The van der Waals surface area contributed by atoms with Gasteiger partial charge >= 0.3 is 0 Å². The number of anilines is 2. The maximum absolute atomic E-state index is 12.6. The Morgan fingerprint density at radius 1 is 1.15 bits per heavy atom. The minimum Gasteiger partial charge on any atom is -0.505 e. The fourth-order valence-corrected chi connectivity index (χ4v) is 3.88. The first-order valence-electron chi connectivity index (χ1n) is 9.39. The van der Waals surface area contributed by atoms with Gasteiger partial charge in [-0.15, -0.1) is 22.6 Å². The fourth-order valence-electron chi connectivity index (χ4n) is 3.22. The lowest BCUT2D eigenvalue weighted by atomic mass is 10.1. The standard InChI is InChI=1S/C21H14N6O4S.ClH/c22-9-14(12-4-6-15-16(8-12)31-10-30-15)24-20-26-27-21(32-20)25-19(29)13-5-3-11-2-1-7-23-17(11)18(13)28;/h1-8,14,28H,10H2,(H,24,26)(H,25,27,29);1H. The van der Waals surface area contributed by atoms with Crippen molar-refractivity contribution in [1.29, 1.82) is 5.26 Å². The number of fused-ring (bicyclic) bond motifs is 2. The molecule has 1 aliphatic heterocycles. The average molecular weight is 483 g/mol. The van der Waals surface area contributed by atoms with Crippen molar-refractivity contribution in [2.45, 2.75) is 6.04 Å². The van der Waals surface area contributed by atoms with Gasteiger partial charge in [0.25, 0.3) is 5.91 Å². The van der Waals surface area contributed by atoms with E-state index < -0.39 is 11.9 Å². The predicted octanol–water partition coefficient (Wildman–Crippen LogP) is 3.87. The Morgan fingerprint density at radius 3 is 2.82 bits per heavy atom. The molecule has 3 heterocycles. The first-order chi connectivity index (χ1) is 15.6. The van der Waals surface area contributed by atoms with Crippen LogP contribution in [0.15, 0.2) is 48.7 Å². The topological polar surface area (TPSA) is 142 Å². The molecule has 5 rings (SSSR count). The zero-order valence-electron chi connectivity index (χ0n) is 16.7. The van der Waals surface area contributed by atoms with Crippen LogP contribution in [0, 0.1) is 11.3 Å². The van der Waals surface area contributed by atoms with Gasteiger partial charge in [-0.25, -0.2) is 0 Å². The Balaban J connectivity index is 0.00000259. The monoisotopic (exact) mass is 482 g/mol. The number of ether oxygens (including phenoxy) is 2. The molecule has 1 atom stereocenters. The summed E-state index contributed by atoms with van der Waals surface area (Å²) in [5.41, 5.74) is 1.07. The number of carbonyl (C=O) groups excluding carboxylic acids is 1. The highest BCUT2D eigenvalue weighted by atomic mass is 35.5. The van der Waals surface area contributed by atoms with Crippen LogP contribution in [-0.2, 0) is 0 Å². The molecule has 33 heavy (non-hydrogen) atoms. The SMILES string of the molecule is Cl.N#CC(Nc1nnc(NC(=O)c2ccc3cccnc3c2O)s1)c1ccc2c(c1)OCO2. The number of phenolic OH excluding ortho intramolecular Hbond substituents is 1. The predicted molar refractivity (Wildman–Crippen MR) is 123 cm³/mol. The molecule has 4 aromatic rings. The summed E-state index contributed by atoms with van der Waals surface area (Å²) in [6.45, 7) is 0.145. The quantitative estimate of drug-likeness (QED) is 0.386. The molecule has 12 heteroatoms. The number of halogens is 1. The Bertz CT molecular complexity index is 1390. The summed E-state index contributed by atoms with van der Waals surface area (Å²) in [6, 6.07) is 13.4. The van der Waals surface area contributed by atoms with Crippen LogP contribution in [0.1, 0.15) is 22.0 Å². The molecule has 0 spiro atoms. The van der Waals surface area contributed by atoms with E-state index in [1.54, 1.807) is 36.4 Å². The highest BCUT2D eigenvalue weighted by molar-refractivity contribution is 7.19. The average Bonchev–Trinajstić information content (AvgIpc) is 3.46. The number of nitrogens with zero attached hydrogens (tertiary/aromatic N) is 4. The molecular weight excluding hydrogens is 468 g/mol. The van der Waals surface area contributed by atoms with Gasteiger partial charge in [0.05, 0.1) is 11.6 Å². The third-order valence-electron chi connectivity index (χ3n) is 4.76. The van der Waals surface area contributed by atoms with E-state index in [4.69, 9.17) is 9.47 Å². The van der Waals surface area contributed by atoms with E-state index >= 15 is 0 Å². The second-order valence-electron chi connectivity index (χ2n) is 6.72. The Hall–Kier alpha value is -4.14. The van der Waals surface area contributed by atoms with E-state index in [0.29, 0.717) is 27.7 Å². The highest BCUT2D eigenvalue weighted by Crippen LogP contribution is 2.35. The van der Waals surface area contributed by atoms with Crippen molar-refractivity contribution in [3.05, 3.63) is 59.8 Å². The Morgan fingerprint density at radius 2 is 1.97 bits per heavy atom. The number of hydrogen-bond donors (Lipinski definition) is 3. The maximum Gasteiger partial charge on any atom is 0.261 e. The fraction of sp³-hybridized carbons (Fsp3) is 0.0952. The summed E-state index contributed by atoms with van der Waals surface area (Å²) in [5.74, 6) is 0.430. The number of nitriles is 1. The van der Waals surface area contributed by atoms with Gasteiger partial charge in [-0.1, -0.05) is 29.5 Å². The molecular formula is C21H15ClN6O4S. The van der Waals surface area contributed by atoms with Gasteiger partial charge < -0.3 is 19.9 Å². The van der Waals surface area contributed by atoms with Crippen LogP contribution in [-0.4, -0.2) is 33.0 Å². The lowest BCUT2D eigenvalue weighted by Gasteiger charge is -2.10. The first kappa shape index (κ1) is 22.1. The van der Waals surface area contributed by atoms with Crippen LogP contribution in [0.4, 0.5) is 10.3 Å². The lowest BCUT2D eigenvalue weighted by Crippen LogP contribution is -2.12. The number of benzene rings is 2. The van der Waals surface area contributed by atoms with Gasteiger partial charge in [0.2, 0.25) is 17.1 Å². The minimum atomic E-state index is -0.711. The summed E-state index contributed by atoms with van der Waals surface area (Å²) < 4.78 is 10.6. The summed E-state index contributed by atoms with van der Waals surface area (Å²) in [4.78, 5) is 16.8. The number of nitrogens with one attached hydrogen (secondary N) is 2. The molecule has 1 aliphatic rings. The molecule has 0 fully saturated rings. The van der Waals surface area contributed by atoms with E-state index in [9.17, 15) is 15.2 Å². The van der Waals surface area contributed by atoms with Gasteiger partial charge in [-0.3, -0.25) is 15.1 Å². The van der Waals surface area contributed by atoms with Crippen molar-refractivity contribution in [3.8, 4) is 23.3 Å². The summed E-state index contributed by atoms with van der Waals surface area (Å²) in [7, 11) is 0. The Kier molecular flexibility index (Phi) is 6.12. The molecule has 2 aromatic heterocycles. The number of aromatic nitrogens is 3. The normalized spacial score (nSPS) is 12.5. The van der Waals surface area contributed by atoms with Gasteiger partial charge in [0.1, 0.15) is 11.6 Å². The van der Waals surface area contributed by atoms with Crippen molar-refractivity contribution in [1.82, 2.24) is 15.2 Å². The van der Waals surface area contributed by atoms with E-state index in [2.05, 4.69) is 31.9 Å². The zero-order chi connectivity index (χ0) is 22.1. The number of carbonyl (C=O) groups is 1. The maximum atomic E-state index is 12.6. The Labute approximate surface area is 197 Å². The molecule has 0 saturated heterocycles. The molecule has 1 amide bonds. The van der Waals surface area contributed by atoms with Gasteiger partial charge in [-0.2, -0.15) is 5.26 Å². The van der Waals surface area contributed by atoms with Crippen molar-refractivity contribution >= 4 is 50.8 Å². The highest BCUT2D eigenvalue weighted by Gasteiger charge is 2.20. The van der Waals surface area contributed by atoms with Gasteiger partial charge in [-0.05, 0) is 29.8 Å². The summed E-state index contributed by atoms with van der Waals surface area (Å²) in [6.07, 6.45) is 1.54. The second-order valence-corrected chi connectivity index (χ2v) is 7.70. The largest absolute Gasteiger partial charge is 0.505 e. The number of aromatic hydroxyl groups is 1. The third kappa shape index (κ3) is 4.30. The number of rotatable bonds is 5. The minimum absolute atomic E-state index is 0. The molecule has 2 aromatic carbocycles.